The second-order valence-electron chi connectivity index (χ2n) is 16.0. The van der Waals surface area contributed by atoms with E-state index in [4.69, 9.17) is 4.74 Å². The maximum absolute atomic E-state index is 15.1. The van der Waals surface area contributed by atoms with Crippen molar-refractivity contribution in [2.45, 2.75) is 89.8 Å². The van der Waals surface area contributed by atoms with Crippen LogP contribution in [0.5, 0.6) is 0 Å². The summed E-state index contributed by atoms with van der Waals surface area (Å²) in [4.78, 5) is 42.4. The number of hydrogen-bond acceptors (Lipinski definition) is 7. The quantitative estimate of drug-likeness (QED) is 0.0872. The van der Waals surface area contributed by atoms with Gasteiger partial charge >= 0.3 is 0 Å². The molecule has 1 fully saturated rings. The monoisotopic (exact) mass is 760 g/mol. The number of aliphatic hydroxyl groups is 1. The molecule has 2 aliphatic rings. The van der Waals surface area contributed by atoms with Crippen molar-refractivity contribution in [1.82, 2.24) is 24.8 Å². The maximum atomic E-state index is 15.1. The molecule has 1 amide bonds. The first kappa shape index (κ1) is 38.4. The smallest absolute Gasteiger partial charge is 0.279 e. The molecule has 5 atom stereocenters. The number of aromatic amines is 1. The van der Waals surface area contributed by atoms with E-state index >= 15 is 4.79 Å². The molecule has 0 aliphatic carbocycles. The number of hydrogen-bond donors (Lipinski definition) is 3. The van der Waals surface area contributed by atoms with Crippen molar-refractivity contribution in [3.05, 3.63) is 129 Å². The number of aromatic nitrogens is 5. The second-order valence-corrected chi connectivity index (χ2v) is 20.0. The Morgan fingerprint density at radius 3 is 2.49 bits per heavy atom. The average Bonchev–Trinajstić information content (AvgIpc) is 3.90. The Kier molecular flexibility index (Phi) is 10.7. The highest BCUT2D eigenvalue weighted by molar-refractivity contribution is 6.71. The fourth-order valence-electron chi connectivity index (χ4n) is 8.73. The van der Waals surface area contributed by atoms with Gasteiger partial charge < -0.3 is 19.5 Å². The number of ether oxygens (including phenoxy) is 1. The molecule has 5 aromatic rings. The normalized spacial score (nSPS) is 21.8. The molecule has 55 heavy (non-hydrogen) atoms. The first-order valence-electron chi connectivity index (χ1n) is 19.2. The summed E-state index contributed by atoms with van der Waals surface area (Å²) < 4.78 is 10.4. The number of fused-ring (bicyclic) bond motifs is 3. The van der Waals surface area contributed by atoms with Gasteiger partial charge in [-0.25, -0.2) is 4.68 Å². The summed E-state index contributed by atoms with van der Waals surface area (Å²) in [5.41, 5.74) is 5.01. The molecule has 4 heterocycles. The lowest BCUT2D eigenvalue weighted by Gasteiger charge is -2.32. The van der Waals surface area contributed by atoms with Crippen LogP contribution in [-0.2, 0) is 21.7 Å². The van der Waals surface area contributed by atoms with Gasteiger partial charge in [0.2, 0.25) is 0 Å². The lowest BCUT2D eigenvalue weighted by atomic mass is 9.82. The van der Waals surface area contributed by atoms with Crippen molar-refractivity contribution in [2.75, 3.05) is 18.1 Å². The Labute approximate surface area is 323 Å². The molecule has 1 spiro atoms. The van der Waals surface area contributed by atoms with Gasteiger partial charge in [0.05, 0.1) is 46.6 Å². The molecule has 11 nitrogen and oxygen atoms in total. The number of H-pyrrole nitrogens is 1. The van der Waals surface area contributed by atoms with E-state index < -0.39 is 20.0 Å². The van der Waals surface area contributed by atoms with Crippen LogP contribution in [0, 0.1) is 5.92 Å². The molecule has 3 aromatic carbocycles. The van der Waals surface area contributed by atoms with E-state index in [0.29, 0.717) is 41.8 Å². The zero-order valence-corrected chi connectivity index (χ0v) is 33.6. The van der Waals surface area contributed by atoms with Gasteiger partial charge in [-0.2, -0.15) is 0 Å². The van der Waals surface area contributed by atoms with Gasteiger partial charge in [0.1, 0.15) is 0 Å². The number of carbonyl (C=O) groups is 1. The summed E-state index contributed by atoms with van der Waals surface area (Å²) in [7, 11) is -2.94. The largest absolute Gasteiger partial charge is 0.432 e. The molecule has 12 heteroatoms. The van der Waals surface area contributed by atoms with Crippen LogP contribution in [0.3, 0.4) is 0 Å². The van der Waals surface area contributed by atoms with Gasteiger partial charge in [-0.3, -0.25) is 19.4 Å². The van der Waals surface area contributed by atoms with Gasteiger partial charge in [-0.1, -0.05) is 77.9 Å². The Morgan fingerprint density at radius 1 is 1.04 bits per heavy atom. The highest BCUT2D eigenvalue weighted by Crippen LogP contribution is 2.60. The third-order valence-electron chi connectivity index (χ3n) is 11.5. The number of para-hydroxylation sites is 1. The number of anilines is 1. The van der Waals surface area contributed by atoms with Crippen LogP contribution in [-0.4, -0.2) is 68.2 Å². The van der Waals surface area contributed by atoms with E-state index in [0.717, 1.165) is 29.6 Å². The first-order valence-corrected chi connectivity index (χ1v) is 22.3. The third-order valence-corrected chi connectivity index (χ3v) is 14.0. The molecule has 1 unspecified atom stereocenters. The lowest BCUT2D eigenvalue weighted by molar-refractivity contribution is -0.145. The zero-order valence-electron chi connectivity index (χ0n) is 32.6. The van der Waals surface area contributed by atoms with Gasteiger partial charge in [-0.15, -0.1) is 5.10 Å². The molecule has 0 bridgehead atoms. The number of rotatable bonds is 13. The Hall–Kier alpha value is -4.88. The highest BCUT2D eigenvalue weighted by atomic mass is 28.4. The van der Waals surface area contributed by atoms with Crippen molar-refractivity contribution < 1.29 is 19.4 Å². The number of allylic oxidation sites excluding steroid dienone is 3. The van der Waals surface area contributed by atoms with Crippen molar-refractivity contribution >= 4 is 30.8 Å². The van der Waals surface area contributed by atoms with Crippen LogP contribution in [0.4, 0.5) is 5.69 Å². The zero-order chi connectivity index (χ0) is 39.1. The minimum atomic E-state index is -2.94. The number of nitrogens with zero attached hydrogens (tertiary/aromatic N) is 5. The molecule has 288 valence electrons. The van der Waals surface area contributed by atoms with Gasteiger partial charge in [0.15, 0.2) is 13.9 Å². The molecule has 2 aromatic heterocycles. The molecule has 7 rings (SSSR count). The standard InChI is InChI=1S/C43H52N6O5Si/c1-28(2)13-12-14-29(3)21-24-48-38-20-19-32(49-41(51)33-17-10-11-18-36(33)45-49)25-35(38)43(42(48)52)30(4)40(55(5,6)53)39(54-43)22-23-47-26-37(44-46-47)34(27-50)31-15-8-7-9-16-31/h7-11,13,15-21,25-26,30,34,39-40,45,50,53H,12,14,22-24,27H2,1-6H3/b29-21+/t30-,34?,39+,40-,43+/m0/s1. The van der Waals surface area contributed by atoms with Crippen molar-refractivity contribution in [2.24, 2.45) is 5.92 Å². The number of nitrogens with one attached hydrogen (secondary N) is 1. The Morgan fingerprint density at radius 2 is 1.78 bits per heavy atom. The van der Waals surface area contributed by atoms with Crippen LogP contribution in [0.25, 0.3) is 16.6 Å². The summed E-state index contributed by atoms with van der Waals surface area (Å²) in [6.45, 7) is 12.9. The SMILES string of the molecule is CC(C)=CCC/C(C)=C/CN1C(=O)[C@]2(O[C@H](CCn3cc(C(CO)c4ccccc4)nn3)[C@@H]([Si](C)(C)O)[C@@H]2C)c2cc(-n3[nH]c4ccccc4c3=O)ccc21. The second kappa shape index (κ2) is 15.3. The fourth-order valence-corrected chi connectivity index (χ4v) is 11.3. The number of aryl methyl sites for hydroxylation is 1. The van der Waals surface area contributed by atoms with E-state index in [1.54, 1.807) is 10.7 Å². The van der Waals surface area contributed by atoms with Crippen LogP contribution >= 0.6 is 0 Å². The Balaban J connectivity index is 1.25. The topological polar surface area (TPSA) is 138 Å². The summed E-state index contributed by atoms with van der Waals surface area (Å²) >= 11 is 0. The van der Waals surface area contributed by atoms with Crippen molar-refractivity contribution in [3.8, 4) is 5.69 Å². The molecular weight excluding hydrogens is 709 g/mol. The predicted molar refractivity (Wildman–Crippen MR) is 218 cm³/mol. The third kappa shape index (κ3) is 7.19. The number of benzene rings is 3. The van der Waals surface area contributed by atoms with E-state index in [-0.39, 0.29) is 35.5 Å². The summed E-state index contributed by atoms with van der Waals surface area (Å²) in [6.07, 6.45) is 8.04. The van der Waals surface area contributed by atoms with Gasteiger partial charge in [0.25, 0.3) is 11.5 Å². The average molecular weight is 761 g/mol. The molecule has 0 radical (unpaired) electrons. The summed E-state index contributed by atoms with van der Waals surface area (Å²) in [6, 6.07) is 22.8. The van der Waals surface area contributed by atoms with Gasteiger partial charge in [0, 0.05) is 36.3 Å². The fraction of sp³-hybridized carbons (Fsp3) is 0.395. The highest BCUT2D eigenvalue weighted by Gasteiger charge is 2.66. The lowest BCUT2D eigenvalue weighted by Crippen LogP contribution is -2.46. The van der Waals surface area contributed by atoms with Crippen LogP contribution in [0.2, 0.25) is 18.6 Å². The van der Waals surface area contributed by atoms with Crippen molar-refractivity contribution in [1.29, 1.82) is 0 Å². The van der Waals surface area contributed by atoms with E-state index in [1.165, 1.54) is 15.8 Å². The molecule has 0 saturated carbocycles. The van der Waals surface area contributed by atoms with Gasteiger partial charge in [-0.05, 0) is 89.0 Å². The predicted octanol–water partition coefficient (Wildman–Crippen LogP) is 6.96. The Bertz CT molecular complexity index is 2300. The minimum Gasteiger partial charge on any atom is -0.432 e. The number of aliphatic hydroxyl groups excluding tert-OH is 1. The number of amides is 1. The molecule has 1 saturated heterocycles. The minimum absolute atomic E-state index is 0.102. The van der Waals surface area contributed by atoms with Crippen LogP contribution in [0.1, 0.15) is 69.7 Å². The van der Waals surface area contributed by atoms with E-state index in [9.17, 15) is 14.7 Å². The summed E-state index contributed by atoms with van der Waals surface area (Å²) in [5.74, 6) is -0.840. The maximum Gasteiger partial charge on any atom is 0.279 e. The molecule has 2 aliphatic heterocycles. The number of carbonyl (C=O) groups excluding carboxylic acids is 1. The van der Waals surface area contributed by atoms with E-state index in [2.05, 4.69) is 48.3 Å². The first-order chi connectivity index (χ1) is 26.3. The van der Waals surface area contributed by atoms with Crippen LogP contribution in [0.15, 0.2) is 107 Å². The molecule has 3 N–H and O–H groups in total. The molecular formula is C43H52N6O5Si. The van der Waals surface area contributed by atoms with Crippen molar-refractivity contribution in [3.63, 3.8) is 0 Å². The van der Waals surface area contributed by atoms with E-state index in [1.807, 2.05) is 97.8 Å². The van der Waals surface area contributed by atoms with Crippen LogP contribution < -0.4 is 10.5 Å². The summed E-state index contributed by atoms with van der Waals surface area (Å²) in [5, 5.41) is 22.9.